The normalized spacial score (nSPS) is 18.2. The molecule has 2 aromatic carbocycles. The summed E-state index contributed by atoms with van der Waals surface area (Å²) in [5.41, 5.74) is 4.84. The summed E-state index contributed by atoms with van der Waals surface area (Å²) in [4.78, 5) is 15.1. The number of methoxy groups -OCH3 is 2. The number of hydrazone groups is 1. The second-order valence-corrected chi connectivity index (χ2v) is 8.13. The lowest BCUT2D eigenvalue weighted by Crippen LogP contribution is -2.42. The molecule has 1 unspecified atom stereocenters. The highest BCUT2D eigenvalue weighted by Crippen LogP contribution is 2.35. The van der Waals surface area contributed by atoms with E-state index in [1.807, 2.05) is 12.1 Å². The predicted octanol–water partition coefficient (Wildman–Crippen LogP) is 3.27. The van der Waals surface area contributed by atoms with Gasteiger partial charge in [0.05, 0.1) is 39.2 Å². The largest absolute Gasteiger partial charge is 0.493 e. The number of anilines is 1. The van der Waals surface area contributed by atoms with Crippen molar-refractivity contribution in [1.82, 2.24) is 10.3 Å². The van der Waals surface area contributed by atoms with Crippen LogP contribution in [-0.2, 0) is 11.2 Å². The van der Waals surface area contributed by atoms with Crippen LogP contribution in [0.1, 0.15) is 30.0 Å². The van der Waals surface area contributed by atoms with E-state index in [4.69, 9.17) is 19.3 Å². The van der Waals surface area contributed by atoms with Gasteiger partial charge in [0.15, 0.2) is 11.5 Å². The minimum Gasteiger partial charge on any atom is -0.493 e. The topological polar surface area (TPSA) is 75.6 Å². The monoisotopic (exact) mass is 452 g/mol. The van der Waals surface area contributed by atoms with Gasteiger partial charge in [-0.3, -0.25) is 0 Å². The van der Waals surface area contributed by atoms with Crippen LogP contribution >= 0.6 is 0 Å². The molecule has 2 aliphatic heterocycles. The molecule has 8 nitrogen and oxygen atoms in total. The first kappa shape index (κ1) is 22.9. The van der Waals surface area contributed by atoms with Crippen LogP contribution in [0.3, 0.4) is 0 Å². The molecule has 1 fully saturated rings. The molecule has 1 N–H and O–H groups in total. The number of hydrogen-bond donors (Lipinski definition) is 1. The zero-order valence-electron chi connectivity index (χ0n) is 19.8. The van der Waals surface area contributed by atoms with Gasteiger partial charge in [-0.1, -0.05) is 19.1 Å². The minimum absolute atomic E-state index is 0.0769. The van der Waals surface area contributed by atoms with Crippen molar-refractivity contribution in [1.29, 1.82) is 0 Å². The van der Waals surface area contributed by atoms with Crippen LogP contribution in [0, 0.1) is 0 Å². The van der Waals surface area contributed by atoms with Gasteiger partial charge in [-0.25, -0.2) is 9.80 Å². The van der Waals surface area contributed by atoms with Crippen molar-refractivity contribution < 1.29 is 19.0 Å². The maximum Gasteiger partial charge on any atom is 0.337 e. The fraction of sp³-hybridized carbons (Fsp3) is 0.440. The molecule has 33 heavy (non-hydrogen) atoms. The van der Waals surface area contributed by atoms with E-state index in [0.717, 1.165) is 60.8 Å². The van der Waals surface area contributed by atoms with Crippen molar-refractivity contribution in [2.75, 3.05) is 52.5 Å². The van der Waals surface area contributed by atoms with E-state index < -0.39 is 0 Å². The first-order chi connectivity index (χ1) is 16.1. The molecule has 4 rings (SSSR count). The van der Waals surface area contributed by atoms with Crippen molar-refractivity contribution >= 4 is 17.4 Å². The summed E-state index contributed by atoms with van der Waals surface area (Å²) < 4.78 is 16.6. The van der Waals surface area contributed by atoms with Gasteiger partial charge in [-0.15, -0.1) is 0 Å². The van der Waals surface area contributed by atoms with Crippen LogP contribution < -0.4 is 19.7 Å². The van der Waals surface area contributed by atoms with Gasteiger partial charge in [-0.05, 0) is 42.7 Å². The van der Waals surface area contributed by atoms with Crippen LogP contribution in [0.5, 0.6) is 11.5 Å². The first-order valence-electron chi connectivity index (χ1n) is 11.4. The molecule has 0 spiro atoms. The van der Waals surface area contributed by atoms with Crippen LogP contribution in [0.2, 0.25) is 0 Å². The van der Waals surface area contributed by atoms with E-state index in [2.05, 4.69) is 41.4 Å². The number of fused-ring (bicyclic) bond motifs is 1. The number of carbonyl (C=O) groups is 1. The Morgan fingerprint density at radius 3 is 2.39 bits per heavy atom. The number of amides is 2. The molecule has 0 radical (unpaired) electrons. The van der Waals surface area contributed by atoms with Crippen molar-refractivity contribution in [3.05, 3.63) is 53.1 Å². The fourth-order valence-electron chi connectivity index (χ4n) is 4.40. The number of carbonyl (C=O) groups excluding carboxylic acids is 1. The zero-order valence-corrected chi connectivity index (χ0v) is 19.8. The summed E-state index contributed by atoms with van der Waals surface area (Å²) in [6, 6.07) is 12.0. The highest BCUT2D eigenvalue weighted by atomic mass is 16.5. The molecule has 2 heterocycles. The Morgan fingerprint density at radius 1 is 1.12 bits per heavy atom. The third-order valence-corrected chi connectivity index (χ3v) is 6.28. The Kier molecular flexibility index (Phi) is 7.03. The molecule has 8 heteroatoms. The smallest absolute Gasteiger partial charge is 0.337 e. The van der Waals surface area contributed by atoms with Crippen molar-refractivity contribution in [3.8, 4) is 11.5 Å². The van der Waals surface area contributed by atoms with E-state index in [9.17, 15) is 4.79 Å². The molecule has 0 aromatic heterocycles. The van der Waals surface area contributed by atoms with Gasteiger partial charge in [-0.2, -0.15) is 5.10 Å². The Hall–Kier alpha value is -3.26. The molecule has 2 aliphatic rings. The second kappa shape index (κ2) is 10.1. The van der Waals surface area contributed by atoms with E-state index >= 15 is 0 Å². The standard InChI is InChI=1S/C25H32N4O4/c1-5-19-14-18-15-22(31-3)23(32-4)16-21(18)24(27-29(19)25(30)26-2)17-6-8-20(9-7-17)28-10-12-33-13-11-28/h6-9,15-16,19H,5,10-14H2,1-4H3,(H,26,30). The number of nitrogens with zero attached hydrogens (tertiary/aromatic N) is 3. The molecule has 1 saturated heterocycles. The molecule has 176 valence electrons. The van der Waals surface area contributed by atoms with Gasteiger partial charge >= 0.3 is 6.03 Å². The van der Waals surface area contributed by atoms with Crippen LogP contribution in [0.25, 0.3) is 0 Å². The highest BCUT2D eigenvalue weighted by Gasteiger charge is 2.30. The lowest BCUT2D eigenvalue weighted by atomic mass is 9.93. The van der Waals surface area contributed by atoms with Gasteiger partial charge in [0, 0.05) is 37.0 Å². The summed E-state index contributed by atoms with van der Waals surface area (Å²) in [5.74, 6) is 1.30. The highest BCUT2D eigenvalue weighted by molar-refractivity contribution is 6.14. The number of nitrogens with one attached hydrogen (secondary N) is 1. The molecule has 0 bridgehead atoms. The number of morpholine rings is 1. The number of hydrogen-bond acceptors (Lipinski definition) is 6. The Balaban J connectivity index is 1.82. The van der Waals surface area contributed by atoms with Crippen molar-refractivity contribution in [2.45, 2.75) is 25.8 Å². The summed E-state index contributed by atoms with van der Waals surface area (Å²) >= 11 is 0. The summed E-state index contributed by atoms with van der Waals surface area (Å²) in [7, 11) is 4.89. The Bertz CT molecular complexity index is 1020. The van der Waals surface area contributed by atoms with Gasteiger partial charge in [0.1, 0.15) is 0 Å². The molecule has 0 aliphatic carbocycles. The van der Waals surface area contributed by atoms with Crippen LogP contribution in [0.4, 0.5) is 10.5 Å². The van der Waals surface area contributed by atoms with Crippen LogP contribution in [-0.4, -0.2) is 70.4 Å². The first-order valence-corrected chi connectivity index (χ1v) is 11.4. The molecular weight excluding hydrogens is 420 g/mol. The Morgan fingerprint density at radius 2 is 1.79 bits per heavy atom. The Labute approximate surface area is 195 Å². The molecular formula is C25H32N4O4. The van der Waals surface area contributed by atoms with E-state index in [1.54, 1.807) is 26.3 Å². The van der Waals surface area contributed by atoms with Gasteiger partial charge in [0.2, 0.25) is 0 Å². The average Bonchev–Trinajstić information content (AvgIpc) is 3.04. The zero-order chi connectivity index (χ0) is 23.4. The third-order valence-electron chi connectivity index (χ3n) is 6.28. The summed E-state index contributed by atoms with van der Waals surface area (Å²) in [6.45, 7) is 5.30. The van der Waals surface area contributed by atoms with E-state index in [-0.39, 0.29) is 12.1 Å². The maximum absolute atomic E-state index is 12.8. The summed E-state index contributed by atoms with van der Waals surface area (Å²) in [6.07, 6.45) is 1.44. The fourth-order valence-corrected chi connectivity index (χ4v) is 4.40. The molecule has 0 saturated carbocycles. The third kappa shape index (κ3) is 4.61. The molecule has 2 aromatic rings. The SMILES string of the molecule is CCC1Cc2cc(OC)c(OC)cc2C(c2ccc(N3CCOCC3)cc2)=NN1C(=O)NC. The molecule has 1 atom stereocenters. The second-order valence-electron chi connectivity index (χ2n) is 8.13. The number of ether oxygens (including phenoxy) is 3. The number of benzene rings is 2. The maximum atomic E-state index is 12.8. The van der Waals surface area contributed by atoms with E-state index in [1.165, 1.54) is 0 Å². The van der Waals surface area contributed by atoms with Crippen molar-refractivity contribution in [2.24, 2.45) is 5.10 Å². The summed E-state index contributed by atoms with van der Waals surface area (Å²) in [5, 5.41) is 9.20. The number of rotatable bonds is 5. The van der Waals surface area contributed by atoms with Gasteiger partial charge < -0.3 is 24.4 Å². The quantitative estimate of drug-likeness (QED) is 0.754. The minimum atomic E-state index is -0.226. The van der Waals surface area contributed by atoms with Gasteiger partial charge in [0.25, 0.3) is 0 Å². The lowest BCUT2D eigenvalue weighted by Gasteiger charge is -2.29. The van der Waals surface area contributed by atoms with Crippen LogP contribution in [0.15, 0.2) is 41.5 Å². The molecule has 2 amide bonds. The number of urea groups is 1. The predicted molar refractivity (Wildman–Crippen MR) is 129 cm³/mol. The average molecular weight is 453 g/mol. The van der Waals surface area contributed by atoms with E-state index in [0.29, 0.717) is 17.9 Å². The lowest BCUT2D eigenvalue weighted by molar-refractivity contribution is 0.122. The van der Waals surface area contributed by atoms with Crippen molar-refractivity contribution in [3.63, 3.8) is 0 Å².